The molecule has 0 bridgehead atoms. The summed E-state index contributed by atoms with van der Waals surface area (Å²) in [7, 11) is 1.91. The highest BCUT2D eigenvalue weighted by molar-refractivity contribution is 5.74. The summed E-state index contributed by atoms with van der Waals surface area (Å²) >= 11 is 0. The van der Waals surface area contributed by atoms with E-state index in [0.29, 0.717) is 11.8 Å². The molecule has 7 heteroatoms. The highest BCUT2D eigenvalue weighted by Gasteiger charge is 2.46. The number of hydrogen-bond acceptors (Lipinski definition) is 6. The molecule has 1 aromatic rings. The molecule has 0 radical (unpaired) electrons. The number of aryl methyl sites for hydroxylation is 1. The summed E-state index contributed by atoms with van der Waals surface area (Å²) in [5.74, 6) is 0.493. The number of nitrogens with zero attached hydrogens (tertiary/aromatic N) is 4. The molecule has 7 nitrogen and oxygen atoms in total. The van der Waals surface area contributed by atoms with E-state index in [1.165, 1.54) is 0 Å². The minimum absolute atomic E-state index is 0.116. The molecule has 120 valence electrons. The van der Waals surface area contributed by atoms with Gasteiger partial charge in [-0.15, -0.1) is 0 Å². The molecular weight excluding hydrogens is 282 g/mol. The number of aromatic nitrogens is 2. The van der Waals surface area contributed by atoms with Gasteiger partial charge in [0, 0.05) is 31.4 Å². The van der Waals surface area contributed by atoms with Crippen molar-refractivity contribution >= 4 is 17.7 Å². The van der Waals surface area contributed by atoms with Crippen LogP contribution in [-0.2, 0) is 4.79 Å². The first-order valence-electron chi connectivity index (χ1n) is 7.67. The standard InChI is InChI=1S/C15H23N5O2/c1-10-8-17-14(18-12(10)16)20-5-3-15(4-6-20)7-11(13(21)22)19(2)9-15/h8,11H,3-7,9H2,1-2H3,(H,21,22)(H2,16,17,18)/t11-/m1/s1. The number of anilines is 2. The highest BCUT2D eigenvalue weighted by Crippen LogP contribution is 2.43. The average molecular weight is 305 g/mol. The third-order valence-corrected chi connectivity index (χ3v) is 5.13. The van der Waals surface area contributed by atoms with E-state index < -0.39 is 5.97 Å². The van der Waals surface area contributed by atoms with Crippen molar-refractivity contribution in [1.82, 2.24) is 14.9 Å². The number of likely N-dealkylation sites (tertiary alicyclic amines) is 1. The smallest absolute Gasteiger partial charge is 0.320 e. The molecule has 2 aliphatic rings. The van der Waals surface area contributed by atoms with Crippen LogP contribution in [0.3, 0.4) is 0 Å². The van der Waals surface area contributed by atoms with Gasteiger partial charge in [0.2, 0.25) is 5.95 Å². The predicted molar refractivity (Wildman–Crippen MR) is 83.7 cm³/mol. The second-order valence-electron chi connectivity index (χ2n) is 6.70. The lowest BCUT2D eigenvalue weighted by molar-refractivity contribution is -0.141. The van der Waals surface area contributed by atoms with Crippen molar-refractivity contribution in [2.45, 2.75) is 32.2 Å². The molecule has 0 aliphatic carbocycles. The van der Waals surface area contributed by atoms with Crippen molar-refractivity contribution in [3.8, 4) is 0 Å². The molecule has 1 aromatic heterocycles. The van der Waals surface area contributed by atoms with E-state index in [2.05, 4.69) is 14.9 Å². The Kier molecular flexibility index (Phi) is 3.68. The lowest BCUT2D eigenvalue weighted by Crippen LogP contribution is -2.42. The maximum atomic E-state index is 11.3. The fourth-order valence-corrected chi connectivity index (χ4v) is 3.69. The van der Waals surface area contributed by atoms with Gasteiger partial charge in [-0.2, -0.15) is 4.98 Å². The Morgan fingerprint density at radius 1 is 1.45 bits per heavy atom. The zero-order valence-corrected chi connectivity index (χ0v) is 13.1. The third kappa shape index (κ3) is 2.61. The number of likely N-dealkylation sites (N-methyl/N-ethyl adjacent to an activating group) is 1. The maximum absolute atomic E-state index is 11.3. The maximum Gasteiger partial charge on any atom is 0.320 e. The Morgan fingerprint density at radius 3 is 2.68 bits per heavy atom. The van der Waals surface area contributed by atoms with Gasteiger partial charge in [0.25, 0.3) is 0 Å². The van der Waals surface area contributed by atoms with E-state index in [0.717, 1.165) is 44.5 Å². The van der Waals surface area contributed by atoms with Gasteiger partial charge in [-0.05, 0) is 38.6 Å². The first-order chi connectivity index (χ1) is 10.4. The summed E-state index contributed by atoms with van der Waals surface area (Å²) in [6.07, 6.45) is 4.44. The summed E-state index contributed by atoms with van der Waals surface area (Å²) in [5, 5.41) is 9.30. The van der Waals surface area contributed by atoms with Gasteiger partial charge >= 0.3 is 5.97 Å². The van der Waals surface area contributed by atoms with Crippen LogP contribution in [0.2, 0.25) is 0 Å². The van der Waals surface area contributed by atoms with Crippen molar-refractivity contribution in [3.05, 3.63) is 11.8 Å². The minimum atomic E-state index is -0.712. The van der Waals surface area contributed by atoms with Crippen LogP contribution in [0.25, 0.3) is 0 Å². The molecule has 3 rings (SSSR count). The Morgan fingerprint density at radius 2 is 2.14 bits per heavy atom. The Labute approximate surface area is 130 Å². The Bertz CT molecular complexity index is 583. The number of aliphatic carboxylic acids is 1. The number of piperidine rings is 1. The monoisotopic (exact) mass is 305 g/mol. The molecular formula is C15H23N5O2. The van der Waals surface area contributed by atoms with Crippen LogP contribution in [0, 0.1) is 12.3 Å². The fourth-order valence-electron chi connectivity index (χ4n) is 3.69. The summed E-state index contributed by atoms with van der Waals surface area (Å²) in [6, 6.07) is -0.349. The number of nitrogens with two attached hydrogens (primary N) is 1. The first-order valence-corrected chi connectivity index (χ1v) is 7.67. The highest BCUT2D eigenvalue weighted by atomic mass is 16.4. The molecule has 2 fully saturated rings. The molecule has 0 aromatic carbocycles. The van der Waals surface area contributed by atoms with E-state index in [1.54, 1.807) is 6.20 Å². The second-order valence-corrected chi connectivity index (χ2v) is 6.70. The van der Waals surface area contributed by atoms with Gasteiger partial charge < -0.3 is 15.7 Å². The third-order valence-electron chi connectivity index (χ3n) is 5.13. The van der Waals surface area contributed by atoms with E-state index >= 15 is 0 Å². The number of carbonyl (C=O) groups is 1. The van der Waals surface area contributed by atoms with Crippen molar-refractivity contribution in [3.63, 3.8) is 0 Å². The molecule has 2 saturated heterocycles. The van der Waals surface area contributed by atoms with E-state index in [1.807, 2.05) is 18.9 Å². The van der Waals surface area contributed by atoms with Crippen LogP contribution < -0.4 is 10.6 Å². The Balaban J connectivity index is 1.68. The molecule has 3 N–H and O–H groups in total. The lowest BCUT2D eigenvalue weighted by Gasteiger charge is -2.39. The zero-order chi connectivity index (χ0) is 15.9. The van der Waals surface area contributed by atoms with Gasteiger partial charge in [0.1, 0.15) is 11.9 Å². The molecule has 1 atom stereocenters. The van der Waals surface area contributed by atoms with Crippen LogP contribution in [-0.4, -0.2) is 58.7 Å². The summed E-state index contributed by atoms with van der Waals surface area (Å²) in [6.45, 7) is 4.45. The van der Waals surface area contributed by atoms with E-state index in [4.69, 9.17) is 5.73 Å². The predicted octanol–water partition coefficient (Wildman–Crippen LogP) is 0.743. The van der Waals surface area contributed by atoms with Crippen LogP contribution >= 0.6 is 0 Å². The summed E-state index contributed by atoms with van der Waals surface area (Å²) in [4.78, 5) is 24.1. The topological polar surface area (TPSA) is 95.6 Å². The van der Waals surface area contributed by atoms with E-state index in [-0.39, 0.29) is 11.5 Å². The van der Waals surface area contributed by atoms with Gasteiger partial charge in [0.05, 0.1) is 0 Å². The largest absolute Gasteiger partial charge is 0.480 e. The van der Waals surface area contributed by atoms with Crippen LogP contribution in [0.1, 0.15) is 24.8 Å². The number of rotatable bonds is 2. The number of carboxylic acids is 1. The van der Waals surface area contributed by atoms with Gasteiger partial charge in [-0.1, -0.05) is 0 Å². The average Bonchev–Trinajstić information content (AvgIpc) is 2.80. The minimum Gasteiger partial charge on any atom is -0.480 e. The molecule has 3 heterocycles. The van der Waals surface area contributed by atoms with Gasteiger partial charge in [0.15, 0.2) is 0 Å². The molecule has 0 amide bonds. The van der Waals surface area contributed by atoms with Crippen LogP contribution in [0.5, 0.6) is 0 Å². The number of carboxylic acid groups (broad SMARTS) is 1. The second kappa shape index (κ2) is 5.39. The summed E-state index contributed by atoms with van der Waals surface area (Å²) < 4.78 is 0. The van der Waals surface area contributed by atoms with Gasteiger partial charge in [-0.3, -0.25) is 9.69 Å². The molecule has 2 aliphatic heterocycles. The van der Waals surface area contributed by atoms with Crippen LogP contribution in [0.15, 0.2) is 6.20 Å². The van der Waals surface area contributed by atoms with Crippen molar-refractivity contribution in [2.24, 2.45) is 5.41 Å². The molecule has 0 saturated carbocycles. The Hall–Kier alpha value is -1.89. The van der Waals surface area contributed by atoms with Crippen molar-refractivity contribution in [2.75, 3.05) is 37.3 Å². The zero-order valence-electron chi connectivity index (χ0n) is 13.1. The lowest BCUT2D eigenvalue weighted by atomic mass is 9.76. The molecule has 0 unspecified atom stereocenters. The first kappa shape index (κ1) is 15.0. The quantitative estimate of drug-likeness (QED) is 0.832. The molecule has 1 spiro atoms. The van der Waals surface area contributed by atoms with Crippen molar-refractivity contribution in [1.29, 1.82) is 0 Å². The van der Waals surface area contributed by atoms with Gasteiger partial charge in [-0.25, -0.2) is 4.98 Å². The number of nitrogen functional groups attached to an aromatic ring is 1. The normalized spacial score (nSPS) is 24.8. The summed E-state index contributed by atoms with van der Waals surface area (Å²) in [5.41, 5.74) is 6.87. The van der Waals surface area contributed by atoms with E-state index in [9.17, 15) is 9.90 Å². The van der Waals surface area contributed by atoms with Crippen LogP contribution in [0.4, 0.5) is 11.8 Å². The SMILES string of the molecule is Cc1cnc(N2CCC3(CC2)C[C@H](C(=O)O)N(C)C3)nc1N. The van der Waals surface area contributed by atoms with Crippen molar-refractivity contribution < 1.29 is 9.90 Å². The fraction of sp³-hybridized carbons (Fsp3) is 0.667. The molecule has 22 heavy (non-hydrogen) atoms. The number of hydrogen-bond donors (Lipinski definition) is 2.